The van der Waals surface area contributed by atoms with E-state index in [0.29, 0.717) is 6.54 Å². The fourth-order valence-electron chi connectivity index (χ4n) is 1.57. The summed E-state index contributed by atoms with van der Waals surface area (Å²) >= 11 is 10.8. The number of nitrogens with zero attached hydrogens (tertiary/aromatic N) is 1. The lowest BCUT2D eigenvalue weighted by molar-refractivity contribution is 0.632. The van der Waals surface area contributed by atoms with Crippen molar-refractivity contribution in [2.75, 3.05) is 0 Å². The van der Waals surface area contributed by atoms with E-state index in [0.717, 1.165) is 0 Å². The third-order valence-corrected chi connectivity index (χ3v) is 2.99. The number of aromatic amines is 1. The van der Waals surface area contributed by atoms with Gasteiger partial charge in [-0.1, -0.05) is 11.6 Å². The highest BCUT2D eigenvalue weighted by Gasteiger charge is 2.11. The van der Waals surface area contributed by atoms with Crippen LogP contribution in [0, 0.1) is 10.6 Å². The fraction of sp³-hybridized carbons (Fsp3) is 0.200. The van der Waals surface area contributed by atoms with Crippen molar-refractivity contribution in [2.45, 2.75) is 13.5 Å². The highest BCUT2D eigenvalue weighted by molar-refractivity contribution is 7.71. The first-order chi connectivity index (χ1) is 7.56. The van der Waals surface area contributed by atoms with E-state index in [2.05, 4.69) is 4.98 Å². The van der Waals surface area contributed by atoms with Crippen LogP contribution in [0.4, 0.5) is 4.39 Å². The standard InChI is InChI=1S/C10H8ClFN2OS/c1-2-14-9(15)7-5(11)3-4-6(12)8(7)13-10(14)16/h3-4H,2H2,1H3,(H,13,16). The molecule has 0 unspecified atom stereocenters. The van der Waals surface area contributed by atoms with Gasteiger partial charge in [0.1, 0.15) is 5.82 Å². The quantitative estimate of drug-likeness (QED) is 0.799. The lowest BCUT2D eigenvalue weighted by Gasteiger charge is -2.06. The minimum atomic E-state index is -0.536. The normalized spacial score (nSPS) is 10.9. The molecule has 2 aromatic rings. The number of aromatic nitrogens is 2. The molecular weight excluding hydrogens is 251 g/mol. The summed E-state index contributed by atoms with van der Waals surface area (Å²) in [6, 6.07) is 2.56. The molecule has 1 heterocycles. The second-order valence-electron chi connectivity index (χ2n) is 3.26. The first-order valence-corrected chi connectivity index (χ1v) is 5.45. The number of rotatable bonds is 1. The molecule has 84 valence electrons. The molecule has 0 fully saturated rings. The topological polar surface area (TPSA) is 37.8 Å². The zero-order chi connectivity index (χ0) is 11.9. The number of hydrogen-bond acceptors (Lipinski definition) is 2. The second kappa shape index (κ2) is 3.99. The van der Waals surface area contributed by atoms with Crippen molar-refractivity contribution >= 4 is 34.7 Å². The zero-order valence-electron chi connectivity index (χ0n) is 8.38. The molecule has 0 spiro atoms. The summed E-state index contributed by atoms with van der Waals surface area (Å²) in [5, 5.41) is 0.354. The van der Waals surface area contributed by atoms with Gasteiger partial charge in [-0.3, -0.25) is 9.36 Å². The first-order valence-electron chi connectivity index (χ1n) is 4.67. The molecule has 1 N–H and O–H groups in total. The summed E-state index contributed by atoms with van der Waals surface area (Å²) < 4.78 is 15.0. The Morgan fingerprint density at radius 3 is 2.88 bits per heavy atom. The van der Waals surface area contributed by atoms with Crippen molar-refractivity contribution in [3.63, 3.8) is 0 Å². The maximum Gasteiger partial charge on any atom is 0.263 e. The van der Waals surface area contributed by atoms with Crippen LogP contribution in [0.3, 0.4) is 0 Å². The molecule has 2 rings (SSSR count). The Morgan fingerprint density at radius 2 is 2.25 bits per heavy atom. The van der Waals surface area contributed by atoms with E-state index < -0.39 is 5.82 Å². The summed E-state index contributed by atoms with van der Waals surface area (Å²) in [6.07, 6.45) is 0. The molecule has 3 nitrogen and oxygen atoms in total. The van der Waals surface area contributed by atoms with Crippen LogP contribution in [0.2, 0.25) is 5.02 Å². The van der Waals surface area contributed by atoms with Gasteiger partial charge < -0.3 is 4.98 Å². The van der Waals surface area contributed by atoms with E-state index in [1.807, 2.05) is 0 Å². The third-order valence-electron chi connectivity index (χ3n) is 2.36. The number of benzene rings is 1. The van der Waals surface area contributed by atoms with Gasteiger partial charge in [0.2, 0.25) is 0 Å². The summed E-state index contributed by atoms with van der Waals surface area (Å²) in [5.74, 6) is -0.536. The summed E-state index contributed by atoms with van der Waals surface area (Å²) in [5.41, 5.74) is -0.307. The molecule has 0 atom stereocenters. The van der Waals surface area contributed by atoms with Gasteiger partial charge >= 0.3 is 0 Å². The first kappa shape index (κ1) is 11.3. The van der Waals surface area contributed by atoms with Crippen LogP contribution in [0.15, 0.2) is 16.9 Å². The maximum atomic E-state index is 13.5. The van der Waals surface area contributed by atoms with Crippen molar-refractivity contribution in [3.05, 3.63) is 38.1 Å². The number of nitrogens with one attached hydrogen (secondary N) is 1. The Bertz CT molecular complexity index is 677. The van der Waals surface area contributed by atoms with Gasteiger partial charge in [-0.05, 0) is 31.3 Å². The average Bonchev–Trinajstić information content (AvgIpc) is 2.24. The van der Waals surface area contributed by atoms with Gasteiger partial charge in [0.15, 0.2) is 4.77 Å². The van der Waals surface area contributed by atoms with Crippen LogP contribution in [0.5, 0.6) is 0 Å². The molecule has 0 aliphatic carbocycles. The Kier molecular flexibility index (Phi) is 2.82. The minimum Gasteiger partial charge on any atom is -0.329 e. The Hall–Kier alpha value is -1.20. The summed E-state index contributed by atoms with van der Waals surface area (Å²) in [4.78, 5) is 14.7. The Labute approximate surface area is 100 Å². The molecule has 0 saturated carbocycles. The van der Waals surface area contributed by atoms with Gasteiger partial charge in [0.25, 0.3) is 5.56 Å². The lowest BCUT2D eigenvalue weighted by atomic mass is 10.2. The molecule has 0 aliphatic heterocycles. The van der Waals surface area contributed by atoms with Gasteiger partial charge in [-0.2, -0.15) is 0 Å². The fourth-order valence-corrected chi connectivity index (χ4v) is 2.12. The monoisotopic (exact) mass is 258 g/mol. The summed E-state index contributed by atoms with van der Waals surface area (Å²) in [7, 11) is 0. The Morgan fingerprint density at radius 1 is 1.56 bits per heavy atom. The van der Waals surface area contributed by atoms with Crippen molar-refractivity contribution in [3.8, 4) is 0 Å². The number of fused-ring (bicyclic) bond motifs is 1. The van der Waals surface area contributed by atoms with Crippen LogP contribution in [-0.2, 0) is 6.54 Å². The van der Waals surface area contributed by atoms with E-state index in [9.17, 15) is 9.18 Å². The van der Waals surface area contributed by atoms with E-state index in [-0.39, 0.29) is 26.3 Å². The predicted octanol–water partition coefficient (Wildman–Crippen LogP) is 2.87. The van der Waals surface area contributed by atoms with E-state index >= 15 is 0 Å². The minimum absolute atomic E-state index is 0.0622. The average molecular weight is 259 g/mol. The lowest BCUT2D eigenvalue weighted by Crippen LogP contribution is -2.21. The molecule has 1 aromatic carbocycles. The van der Waals surface area contributed by atoms with Crippen molar-refractivity contribution in [1.29, 1.82) is 0 Å². The van der Waals surface area contributed by atoms with Gasteiger partial charge in [-0.25, -0.2) is 4.39 Å². The molecule has 6 heteroatoms. The Balaban J connectivity index is 3.11. The van der Waals surface area contributed by atoms with Crippen LogP contribution >= 0.6 is 23.8 Å². The van der Waals surface area contributed by atoms with Crippen LogP contribution < -0.4 is 5.56 Å². The van der Waals surface area contributed by atoms with Crippen molar-refractivity contribution in [1.82, 2.24) is 9.55 Å². The number of halogens is 2. The zero-order valence-corrected chi connectivity index (χ0v) is 9.95. The van der Waals surface area contributed by atoms with Crippen LogP contribution in [0.25, 0.3) is 10.9 Å². The molecule has 0 bridgehead atoms. The molecule has 0 amide bonds. The molecular formula is C10H8ClFN2OS. The van der Waals surface area contributed by atoms with E-state index in [1.54, 1.807) is 6.92 Å². The highest BCUT2D eigenvalue weighted by Crippen LogP contribution is 2.21. The van der Waals surface area contributed by atoms with Gasteiger partial charge in [0.05, 0.1) is 15.9 Å². The van der Waals surface area contributed by atoms with E-state index in [4.69, 9.17) is 23.8 Å². The van der Waals surface area contributed by atoms with Crippen molar-refractivity contribution in [2.24, 2.45) is 0 Å². The number of hydrogen-bond donors (Lipinski definition) is 1. The maximum absolute atomic E-state index is 13.5. The van der Waals surface area contributed by atoms with Gasteiger partial charge in [-0.15, -0.1) is 0 Å². The molecule has 0 aliphatic rings. The predicted molar refractivity (Wildman–Crippen MR) is 64.0 cm³/mol. The highest BCUT2D eigenvalue weighted by atomic mass is 35.5. The summed E-state index contributed by atoms with van der Waals surface area (Å²) in [6.45, 7) is 2.20. The molecule has 0 radical (unpaired) electrons. The third kappa shape index (κ3) is 1.56. The number of H-pyrrole nitrogens is 1. The van der Waals surface area contributed by atoms with Crippen LogP contribution in [-0.4, -0.2) is 9.55 Å². The SMILES string of the molecule is CCn1c(=S)[nH]c2c(F)ccc(Cl)c2c1=O. The molecule has 16 heavy (non-hydrogen) atoms. The largest absolute Gasteiger partial charge is 0.329 e. The smallest absolute Gasteiger partial charge is 0.263 e. The molecule has 1 aromatic heterocycles. The van der Waals surface area contributed by atoms with E-state index in [1.165, 1.54) is 16.7 Å². The molecule has 0 saturated heterocycles. The van der Waals surface area contributed by atoms with Crippen molar-refractivity contribution < 1.29 is 4.39 Å². The second-order valence-corrected chi connectivity index (χ2v) is 4.05. The van der Waals surface area contributed by atoms with Gasteiger partial charge in [0, 0.05) is 6.54 Å². The van der Waals surface area contributed by atoms with Crippen LogP contribution in [0.1, 0.15) is 6.92 Å².